The first-order valence-electron chi connectivity index (χ1n) is 41.4. The van der Waals surface area contributed by atoms with E-state index in [0.717, 1.165) is 227 Å². The van der Waals surface area contributed by atoms with Crippen LogP contribution >= 0.6 is 21.6 Å². The van der Waals surface area contributed by atoms with Crippen LogP contribution in [0.3, 0.4) is 0 Å². The molecule has 4 aliphatic rings. The summed E-state index contributed by atoms with van der Waals surface area (Å²) in [4.78, 5) is 37.7. The van der Waals surface area contributed by atoms with Gasteiger partial charge in [-0.05, 0) is 233 Å². The van der Waals surface area contributed by atoms with E-state index in [9.17, 15) is 0 Å². The van der Waals surface area contributed by atoms with Crippen molar-refractivity contribution in [3.8, 4) is 101 Å². The van der Waals surface area contributed by atoms with Crippen LogP contribution in [0.15, 0.2) is 243 Å². The number of unbranched alkanes of at least 4 members (excludes halogenated alkanes) is 6. The van der Waals surface area contributed by atoms with Crippen molar-refractivity contribution < 1.29 is 9.47 Å². The molecule has 14 aromatic rings. The van der Waals surface area contributed by atoms with Gasteiger partial charge in [0.25, 0.3) is 0 Å². The number of H-pyrrole nitrogens is 4. The lowest BCUT2D eigenvalue weighted by Gasteiger charge is -2.09. The molecule has 0 unspecified atom stereocenters. The Bertz CT molecular complexity index is 6070. The number of rotatable bonds is 25. The van der Waals surface area contributed by atoms with Crippen molar-refractivity contribution in [2.24, 2.45) is 0 Å². The zero-order chi connectivity index (χ0) is 80.0. The molecule has 18 rings (SSSR count). The Labute approximate surface area is 698 Å². The van der Waals surface area contributed by atoms with Gasteiger partial charge >= 0.3 is 0 Å². The van der Waals surface area contributed by atoms with Crippen LogP contribution in [0.4, 0.5) is 0 Å². The smallest absolute Gasteiger partial charge is 0.119 e. The van der Waals surface area contributed by atoms with E-state index in [2.05, 4.69) is 353 Å². The first kappa shape index (κ1) is 76.5. The van der Waals surface area contributed by atoms with Crippen LogP contribution in [0, 0.1) is 41.5 Å². The van der Waals surface area contributed by atoms with E-state index in [-0.39, 0.29) is 0 Å². The molecular formula is C106H94N8O2S2. The summed E-state index contributed by atoms with van der Waals surface area (Å²) >= 11 is 0. The summed E-state index contributed by atoms with van der Waals surface area (Å²) in [5.74, 6) is 4.06. The molecular weight excluding hydrogens is 1480 g/mol. The lowest BCUT2D eigenvalue weighted by Crippen LogP contribution is -1.97. The molecule has 4 aliphatic heterocycles. The number of aromatic nitrogens is 8. The second kappa shape index (κ2) is 34.6. The maximum absolute atomic E-state index is 6.44. The fourth-order valence-corrected chi connectivity index (χ4v) is 18.6. The summed E-state index contributed by atoms with van der Waals surface area (Å²) in [6.07, 6.45) is 26.4. The van der Waals surface area contributed by atoms with E-state index in [1.165, 1.54) is 59.1 Å². The average molecular weight is 1580 g/mol. The normalized spacial score (nSPS) is 12.2. The molecule has 118 heavy (non-hydrogen) atoms. The van der Waals surface area contributed by atoms with Crippen LogP contribution in [0.2, 0.25) is 0 Å². The van der Waals surface area contributed by atoms with Gasteiger partial charge in [0.05, 0.1) is 58.8 Å². The van der Waals surface area contributed by atoms with Gasteiger partial charge in [-0.1, -0.05) is 251 Å². The Morgan fingerprint density at radius 2 is 0.373 bits per heavy atom. The SMILES string of the molecule is Cc1ccc(-c2c3nc(c(-c4ccc(C)cc4)c4ccc([nH]4)c(-c4ccc(OCCCCCCSSCCCCCCOc5ccc(-c6c7nc(c(-c8ccc(C)cc8)c8ccc([nH]8)c(-c8ccc(C)cc8)c8nc(c(-c9ccc(C)cc9)c9ccc6[nH]9)C=C8)C=C7)cc5)cc4)c4nc(c(-c5ccc(C)cc5)c5ccc2[nH]5)C=C4)C=C3)cc1. The van der Waals surface area contributed by atoms with E-state index in [4.69, 9.17) is 29.4 Å². The quantitative estimate of drug-likeness (QED) is 0.0328. The molecule has 0 saturated heterocycles. The summed E-state index contributed by atoms with van der Waals surface area (Å²) in [7, 11) is 4.04. The highest BCUT2D eigenvalue weighted by molar-refractivity contribution is 8.76. The van der Waals surface area contributed by atoms with E-state index < -0.39 is 0 Å². The predicted molar refractivity (Wildman–Crippen MR) is 502 cm³/mol. The minimum absolute atomic E-state index is 0.679. The minimum Gasteiger partial charge on any atom is -0.494 e. The highest BCUT2D eigenvalue weighted by atomic mass is 33.1. The topological polar surface area (TPSA) is 133 Å². The molecule has 16 bridgehead atoms. The van der Waals surface area contributed by atoms with Crippen molar-refractivity contribution in [3.05, 3.63) is 322 Å². The zero-order valence-electron chi connectivity index (χ0n) is 67.6. The van der Waals surface area contributed by atoms with Crippen LogP contribution in [0.5, 0.6) is 11.5 Å². The van der Waals surface area contributed by atoms with Crippen molar-refractivity contribution in [3.63, 3.8) is 0 Å². The van der Waals surface area contributed by atoms with Gasteiger partial charge in [0.1, 0.15) is 11.5 Å². The lowest BCUT2D eigenvalue weighted by molar-refractivity contribution is 0.305. The first-order valence-corrected chi connectivity index (χ1v) is 43.9. The molecule has 0 spiro atoms. The van der Waals surface area contributed by atoms with Crippen LogP contribution in [-0.4, -0.2) is 64.6 Å². The maximum atomic E-state index is 6.44. The second-order valence-electron chi connectivity index (χ2n) is 31.4. The van der Waals surface area contributed by atoms with Gasteiger partial charge in [-0.15, -0.1) is 0 Å². The number of aryl methyl sites for hydroxylation is 6. The van der Waals surface area contributed by atoms with E-state index >= 15 is 0 Å². The summed E-state index contributed by atoms with van der Waals surface area (Å²) in [6, 6.07) is 87.2. The Hall–Kier alpha value is -12.7. The zero-order valence-corrected chi connectivity index (χ0v) is 69.3. The predicted octanol–water partition coefficient (Wildman–Crippen LogP) is 28.8. The molecule has 0 amide bonds. The van der Waals surface area contributed by atoms with Crippen molar-refractivity contribution in [2.45, 2.75) is 92.9 Å². The number of nitrogens with one attached hydrogen (secondary N) is 4. The fraction of sp³-hybridized carbons (Fsp3) is 0.170. The average Bonchev–Trinajstić information content (AvgIpc) is 1.62. The van der Waals surface area contributed by atoms with E-state index in [1.807, 2.05) is 21.6 Å². The molecule has 10 heterocycles. The molecule has 0 radical (unpaired) electrons. The number of aromatic amines is 4. The third-order valence-corrected chi connectivity index (χ3v) is 25.3. The summed E-state index contributed by atoms with van der Waals surface area (Å²) in [6.45, 7) is 14.1. The van der Waals surface area contributed by atoms with Gasteiger partial charge in [-0.3, -0.25) is 0 Å². The van der Waals surface area contributed by atoms with Crippen LogP contribution < -0.4 is 9.47 Å². The van der Waals surface area contributed by atoms with Crippen LogP contribution in [0.1, 0.15) is 130 Å². The summed E-state index contributed by atoms with van der Waals surface area (Å²) in [5.41, 5.74) is 38.9. The molecule has 0 saturated carbocycles. The molecule has 4 N–H and O–H groups in total. The van der Waals surface area contributed by atoms with Crippen molar-refractivity contribution in [2.75, 3.05) is 24.7 Å². The third kappa shape index (κ3) is 16.7. The second-order valence-corrected chi connectivity index (χ2v) is 34.1. The number of nitrogens with zero attached hydrogens (tertiary/aromatic N) is 4. The molecule has 0 fully saturated rings. The van der Waals surface area contributed by atoms with Gasteiger partial charge in [-0.25, -0.2) is 19.9 Å². The van der Waals surface area contributed by atoms with Gasteiger partial charge in [-0.2, -0.15) is 0 Å². The maximum Gasteiger partial charge on any atom is 0.119 e. The van der Waals surface area contributed by atoms with Gasteiger partial charge < -0.3 is 29.4 Å². The Balaban J connectivity index is 0.497. The molecule has 10 nitrogen and oxygen atoms in total. The number of fused-ring (bicyclic) bond motifs is 16. The van der Waals surface area contributed by atoms with Gasteiger partial charge in [0, 0.05) is 100 Å². The minimum atomic E-state index is 0.679. The lowest BCUT2D eigenvalue weighted by atomic mass is 10.0. The van der Waals surface area contributed by atoms with Crippen molar-refractivity contribution in [1.29, 1.82) is 0 Å². The monoisotopic (exact) mass is 1570 g/mol. The highest BCUT2D eigenvalue weighted by Gasteiger charge is 2.23. The largest absolute Gasteiger partial charge is 0.494 e. The molecule has 582 valence electrons. The van der Waals surface area contributed by atoms with Gasteiger partial charge in [0.15, 0.2) is 0 Å². The van der Waals surface area contributed by atoms with Crippen LogP contribution in [-0.2, 0) is 0 Å². The fourth-order valence-electron chi connectivity index (χ4n) is 16.3. The van der Waals surface area contributed by atoms with E-state index in [1.54, 1.807) is 0 Å². The molecule has 0 aliphatic carbocycles. The van der Waals surface area contributed by atoms with Crippen LogP contribution in [0.25, 0.3) is 182 Å². The number of ether oxygens (including phenoxy) is 2. The molecule has 0 atom stereocenters. The first-order chi connectivity index (χ1) is 57.9. The number of hydrogen-bond acceptors (Lipinski definition) is 8. The molecule has 6 aromatic heterocycles. The molecule has 12 heteroatoms. The highest BCUT2D eigenvalue weighted by Crippen LogP contribution is 2.43. The summed E-state index contributed by atoms with van der Waals surface area (Å²) in [5, 5.41) is 0. The third-order valence-electron chi connectivity index (χ3n) is 22.7. The van der Waals surface area contributed by atoms with Crippen molar-refractivity contribution >= 4 is 114 Å². The number of hydrogen-bond donors (Lipinski definition) is 4. The van der Waals surface area contributed by atoms with Crippen molar-refractivity contribution in [1.82, 2.24) is 39.9 Å². The Morgan fingerprint density at radius 1 is 0.203 bits per heavy atom. The van der Waals surface area contributed by atoms with E-state index in [0.29, 0.717) is 13.2 Å². The Kier molecular flexibility index (Phi) is 22.4. The summed E-state index contributed by atoms with van der Waals surface area (Å²) < 4.78 is 12.9. The Morgan fingerprint density at radius 3 is 0.559 bits per heavy atom. The standard InChI is InChI=1S/C106H94N8O2S2/c1-67-15-27-73(28-16-67)99-83-47-51-87(107-83)101(75-31-19-69(3)20-32-75)91-55-59-95(111-91)105(96-60-56-92(112-96)102(88-52-48-84(99)108-88)76-33-21-70(4)22-34-76)79-39-43-81(44-40-79)115-63-11-7-9-13-65-117-118-66-14-10-8-12-64-116-82-45-41-80(42-46-82)106-97-61-57-93(113-97)103(77-35-23-71(5)24-36-77)89-53-49-85(109-89)100(74-29-17-68(2)18-30-74)86-50-54-90(110-86)104(94-58-62-98(106)114-94)78-37-25-72(6)26-38-78/h15-62,107,109,112,114H,7-14,63-66H2,1-6H3. The molecule has 8 aromatic carbocycles. The number of benzene rings is 8. The van der Waals surface area contributed by atoms with Gasteiger partial charge in [0.2, 0.25) is 0 Å².